The van der Waals surface area contributed by atoms with E-state index in [1.807, 2.05) is 25.7 Å². The predicted octanol–water partition coefficient (Wildman–Crippen LogP) is 4.98. The zero-order chi connectivity index (χ0) is 23.0. The van der Waals surface area contributed by atoms with Crippen LogP contribution in [0.2, 0.25) is 0 Å². The fourth-order valence-corrected chi connectivity index (χ4v) is 4.35. The number of hydrogen-bond donors (Lipinski definition) is 1. The molecular weight excluding hydrogens is 429 g/mol. The van der Waals surface area contributed by atoms with Gasteiger partial charge in [0.15, 0.2) is 5.01 Å². The molecular formula is C21H23F3N4O2S. The summed E-state index contributed by atoms with van der Waals surface area (Å²) in [6, 6.07) is 5.38. The molecule has 3 rings (SSSR count). The number of amides is 1. The summed E-state index contributed by atoms with van der Waals surface area (Å²) in [5.41, 5.74) is 1.39. The van der Waals surface area contributed by atoms with Gasteiger partial charge >= 0.3 is 6.18 Å². The SMILES string of the molecule is COc1cc(N2CCc3nc(C(F)(F)F)sc3C2)cc(C#N)c1NC(=O)CC(C)(C)C. The molecule has 1 aromatic carbocycles. The first-order chi connectivity index (χ1) is 14.4. The minimum atomic E-state index is -4.46. The maximum Gasteiger partial charge on any atom is 0.443 e. The van der Waals surface area contributed by atoms with Crippen LogP contribution in [-0.4, -0.2) is 24.5 Å². The van der Waals surface area contributed by atoms with Crippen LogP contribution in [0.1, 0.15) is 48.3 Å². The number of ether oxygens (including phenoxy) is 1. The van der Waals surface area contributed by atoms with Crippen molar-refractivity contribution in [3.05, 3.63) is 33.3 Å². The number of aromatic nitrogens is 1. The molecule has 1 aliphatic heterocycles. The van der Waals surface area contributed by atoms with Crippen LogP contribution in [0.4, 0.5) is 24.5 Å². The topological polar surface area (TPSA) is 78.2 Å². The fraction of sp³-hybridized carbons (Fsp3) is 0.476. The number of benzene rings is 1. The summed E-state index contributed by atoms with van der Waals surface area (Å²) in [6.45, 7) is 6.52. The van der Waals surface area contributed by atoms with Gasteiger partial charge in [0.05, 0.1) is 24.9 Å². The molecule has 2 aromatic rings. The number of nitriles is 1. The molecule has 1 aromatic heterocycles. The van der Waals surface area contributed by atoms with Gasteiger partial charge in [0, 0.05) is 36.0 Å². The third-order valence-corrected chi connectivity index (χ3v) is 5.85. The van der Waals surface area contributed by atoms with Gasteiger partial charge < -0.3 is 15.0 Å². The molecule has 6 nitrogen and oxygen atoms in total. The third kappa shape index (κ3) is 5.28. The van der Waals surface area contributed by atoms with Gasteiger partial charge in [0.2, 0.25) is 5.91 Å². The second kappa shape index (κ2) is 8.38. The number of thiazole rings is 1. The van der Waals surface area contributed by atoms with Crippen molar-refractivity contribution in [1.82, 2.24) is 4.98 Å². The summed E-state index contributed by atoms with van der Waals surface area (Å²) in [4.78, 5) is 18.6. The third-order valence-electron chi connectivity index (χ3n) is 4.72. The molecule has 1 aliphatic rings. The lowest BCUT2D eigenvalue weighted by molar-refractivity contribution is -0.137. The van der Waals surface area contributed by atoms with Crippen LogP contribution in [0.5, 0.6) is 5.75 Å². The molecule has 0 bridgehead atoms. The number of carbonyl (C=O) groups is 1. The number of nitrogens with zero attached hydrogens (tertiary/aromatic N) is 3. The molecule has 0 spiro atoms. The van der Waals surface area contributed by atoms with Crippen molar-refractivity contribution in [3.8, 4) is 11.8 Å². The van der Waals surface area contributed by atoms with Crippen LogP contribution in [0.3, 0.4) is 0 Å². The zero-order valence-electron chi connectivity index (χ0n) is 17.7. The van der Waals surface area contributed by atoms with Crippen molar-refractivity contribution in [2.45, 2.75) is 46.3 Å². The van der Waals surface area contributed by atoms with Crippen molar-refractivity contribution in [2.24, 2.45) is 5.41 Å². The van der Waals surface area contributed by atoms with Crippen molar-refractivity contribution < 1.29 is 22.7 Å². The first-order valence-corrected chi connectivity index (χ1v) is 10.5. The van der Waals surface area contributed by atoms with E-state index in [2.05, 4.69) is 16.4 Å². The van der Waals surface area contributed by atoms with Crippen LogP contribution in [0.15, 0.2) is 12.1 Å². The summed E-state index contributed by atoms with van der Waals surface area (Å²) in [7, 11) is 1.44. The minimum Gasteiger partial charge on any atom is -0.494 e. The molecule has 0 fully saturated rings. The molecule has 31 heavy (non-hydrogen) atoms. The van der Waals surface area contributed by atoms with Crippen LogP contribution >= 0.6 is 11.3 Å². The van der Waals surface area contributed by atoms with Gasteiger partial charge in [0.25, 0.3) is 0 Å². The molecule has 0 saturated heterocycles. The highest BCUT2D eigenvalue weighted by Gasteiger charge is 2.37. The highest BCUT2D eigenvalue weighted by Crippen LogP contribution is 2.39. The highest BCUT2D eigenvalue weighted by molar-refractivity contribution is 7.11. The number of hydrogen-bond acceptors (Lipinski definition) is 6. The van der Waals surface area contributed by atoms with Gasteiger partial charge in [0.1, 0.15) is 17.5 Å². The van der Waals surface area contributed by atoms with E-state index >= 15 is 0 Å². The van der Waals surface area contributed by atoms with Gasteiger partial charge in [-0.1, -0.05) is 20.8 Å². The maximum absolute atomic E-state index is 13.0. The van der Waals surface area contributed by atoms with E-state index in [1.165, 1.54) is 7.11 Å². The number of methoxy groups -OCH3 is 1. The Morgan fingerprint density at radius 1 is 1.35 bits per heavy atom. The van der Waals surface area contributed by atoms with Crippen LogP contribution in [0, 0.1) is 16.7 Å². The number of alkyl halides is 3. The lowest BCUT2D eigenvalue weighted by Gasteiger charge is -2.29. The molecule has 1 N–H and O–H groups in total. The Bertz CT molecular complexity index is 1030. The van der Waals surface area contributed by atoms with E-state index in [0.29, 0.717) is 46.3 Å². The van der Waals surface area contributed by atoms with E-state index in [-0.39, 0.29) is 35.5 Å². The first-order valence-electron chi connectivity index (χ1n) is 9.64. The van der Waals surface area contributed by atoms with Crippen molar-refractivity contribution >= 4 is 28.6 Å². The van der Waals surface area contributed by atoms with E-state index in [1.54, 1.807) is 12.1 Å². The average molecular weight is 453 g/mol. The van der Waals surface area contributed by atoms with Crippen LogP contribution < -0.4 is 15.0 Å². The zero-order valence-corrected chi connectivity index (χ0v) is 18.5. The molecule has 0 saturated carbocycles. The largest absolute Gasteiger partial charge is 0.494 e. The highest BCUT2D eigenvalue weighted by atomic mass is 32.1. The summed E-state index contributed by atoms with van der Waals surface area (Å²) in [6.07, 6.45) is -3.82. The van der Waals surface area contributed by atoms with E-state index in [4.69, 9.17) is 4.74 Å². The van der Waals surface area contributed by atoms with Gasteiger partial charge in [-0.2, -0.15) is 18.4 Å². The van der Waals surface area contributed by atoms with E-state index in [9.17, 15) is 23.2 Å². The van der Waals surface area contributed by atoms with Gasteiger partial charge in [-0.05, 0) is 11.5 Å². The Balaban J connectivity index is 1.89. The maximum atomic E-state index is 13.0. The standard InChI is InChI=1S/C21H23F3N4O2S/c1-20(2,3)9-17(29)27-18-12(10-25)7-13(8-15(18)30-4)28-6-5-14-16(11-28)31-19(26-14)21(22,23)24/h7-8H,5-6,9,11H2,1-4H3,(H,27,29). The predicted molar refractivity (Wildman–Crippen MR) is 112 cm³/mol. The summed E-state index contributed by atoms with van der Waals surface area (Å²) in [5, 5.41) is 11.6. The van der Waals surface area contributed by atoms with E-state index < -0.39 is 11.2 Å². The molecule has 0 atom stereocenters. The second-order valence-corrected chi connectivity index (χ2v) is 9.61. The minimum absolute atomic E-state index is 0.223. The monoisotopic (exact) mass is 452 g/mol. The second-order valence-electron chi connectivity index (χ2n) is 8.53. The fourth-order valence-electron chi connectivity index (χ4n) is 3.36. The molecule has 10 heteroatoms. The number of anilines is 2. The van der Waals surface area contributed by atoms with Gasteiger partial charge in [-0.15, -0.1) is 11.3 Å². The van der Waals surface area contributed by atoms with Crippen molar-refractivity contribution in [3.63, 3.8) is 0 Å². The number of carbonyl (C=O) groups excluding carboxylic acids is 1. The lowest BCUT2D eigenvalue weighted by Crippen LogP contribution is -2.30. The molecule has 0 unspecified atom stereocenters. The first kappa shape index (κ1) is 22.9. The molecule has 0 aliphatic carbocycles. The number of rotatable bonds is 4. The van der Waals surface area contributed by atoms with Crippen LogP contribution in [-0.2, 0) is 23.9 Å². The number of halogens is 3. The Hall–Kier alpha value is -2.80. The Kier molecular flexibility index (Phi) is 6.18. The van der Waals surface area contributed by atoms with Crippen LogP contribution in [0.25, 0.3) is 0 Å². The Morgan fingerprint density at radius 3 is 2.65 bits per heavy atom. The molecule has 166 valence electrons. The Morgan fingerprint density at radius 2 is 2.06 bits per heavy atom. The molecule has 2 heterocycles. The van der Waals surface area contributed by atoms with Crippen molar-refractivity contribution in [2.75, 3.05) is 23.9 Å². The normalized spacial score (nSPS) is 14.1. The summed E-state index contributed by atoms with van der Waals surface area (Å²) in [5.74, 6) is 0.0874. The average Bonchev–Trinajstić information content (AvgIpc) is 3.10. The molecule has 0 radical (unpaired) electrons. The molecule has 1 amide bonds. The summed E-state index contributed by atoms with van der Waals surface area (Å²) < 4.78 is 44.4. The number of nitrogens with one attached hydrogen (secondary N) is 1. The summed E-state index contributed by atoms with van der Waals surface area (Å²) >= 11 is 0.646. The van der Waals surface area contributed by atoms with Gasteiger partial charge in [-0.25, -0.2) is 4.98 Å². The van der Waals surface area contributed by atoms with Crippen molar-refractivity contribution in [1.29, 1.82) is 5.26 Å². The lowest BCUT2D eigenvalue weighted by atomic mass is 9.92. The number of fused-ring (bicyclic) bond motifs is 1. The smallest absolute Gasteiger partial charge is 0.443 e. The van der Waals surface area contributed by atoms with Gasteiger partial charge in [-0.3, -0.25) is 4.79 Å². The Labute approximate surface area is 182 Å². The quantitative estimate of drug-likeness (QED) is 0.708. The van der Waals surface area contributed by atoms with E-state index in [0.717, 1.165) is 0 Å².